The summed E-state index contributed by atoms with van der Waals surface area (Å²) in [5.41, 5.74) is 7.07. The van der Waals surface area contributed by atoms with E-state index >= 15 is 0 Å². The molecule has 1 aromatic heterocycles. The molecule has 3 aliphatic rings. The minimum Gasteiger partial charge on any atom is -0.480 e. The number of alkyl halides is 3. The molecule has 1 aromatic carbocycles. The van der Waals surface area contributed by atoms with Crippen LogP contribution in [0, 0.1) is 11.8 Å². The van der Waals surface area contributed by atoms with Crippen LogP contribution in [0.3, 0.4) is 0 Å². The van der Waals surface area contributed by atoms with Gasteiger partial charge in [-0.1, -0.05) is 38.1 Å². The molecule has 1 aliphatic carbocycles. The van der Waals surface area contributed by atoms with Crippen molar-refractivity contribution in [2.45, 2.75) is 75.9 Å². The van der Waals surface area contributed by atoms with Crippen LogP contribution in [0.1, 0.15) is 69.2 Å². The van der Waals surface area contributed by atoms with Crippen molar-refractivity contribution in [3.63, 3.8) is 0 Å². The Morgan fingerprint density at radius 1 is 1.21 bits per heavy atom. The fraction of sp³-hybridized carbons (Fsp3) is 0.500. The highest BCUT2D eigenvalue weighted by Gasteiger charge is 2.54. The highest BCUT2D eigenvalue weighted by Crippen LogP contribution is 2.52. The average molecular weight is 544 g/mol. The quantitative estimate of drug-likeness (QED) is 0.537. The van der Waals surface area contributed by atoms with Gasteiger partial charge in [0.05, 0.1) is 24.0 Å². The molecule has 2 aliphatic heterocycles. The molecule has 39 heavy (non-hydrogen) atoms. The third kappa shape index (κ3) is 5.18. The van der Waals surface area contributed by atoms with Gasteiger partial charge >= 0.3 is 6.18 Å². The fourth-order valence-electron chi connectivity index (χ4n) is 5.82. The lowest BCUT2D eigenvalue weighted by molar-refractivity contribution is -0.201. The first kappa shape index (κ1) is 27.0. The van der Waals surface area contributed by atoms with Gasteiger partial charge < -0.3 is 15.8 Å². The van der Waals surface area contributed by atoms with Crippen molar-refractivity contribution in [3.05, 3.63) is 59.9 Å². The van der Waals surface area contributed by atoms with Crippen molar-refractivity contribution < 1.29 is 27.5 Å². The third-order valence-corrected chi connectivity index (χ3v) is 8.24. The summed E-state index contributed by atoms with van der Waals surface area (Å²) in [4.78, 5) is 37.3. The highest BCUT2D eigenvalue weighted by atomic mass is 19.4. The Hall–Kier alpha value is -3.63. The number of nitrogens with two attached hydrogens (primary N) is 1. The highest BCUT2D eigenvalue weighted by molar-refractivity contribution is 5.99. The lowest BCUT2D eigenvalue weighted by atomic mass is 9.87. The Kier molecular flexibility index (Phi) is 7.02. The molecule has 1 saturated carbocycles. The second kappa shape index (κ2) is 10.2. The van der Waals surface area contributed by atoms with Gasteiger partial charge in [-0.2, -0.15) is 13.2 Å². The molecule has 2 amide bonds. The standard InChI is InChI=1S/C28H32F3N5O3/c1-3-27(4-2)14-23(37)36(26(32)35-27)24(16-8-7-11-33-15-16)18-12-19(18)25(38)34-20-13-22(28(29,30)31)39-21-10-6-5-9-17(20)21/h5-11,15,18-20,22,24H,3-4,12-14H2,1-2H3,(H2,32,35)(H,34,38)/t18-,19-,20+,22-,24-/m1/s1. The van der Waals surface area contributed by atoms with Crippen LogP contribution >= 0.6 is 0 Å². The summed E-state index contributed by atoms with van der Waals surface area (Å²) in [5, 5.41) is 2.83. The van der Waals surface area contributed by atoms with E-state index in [0.717, 1.165) is 5.56 Å². The van der Waals surface area contributed by atoms with E-state index in [1.165, 1.54) is 11.0 Å². The van der Waals surface area contributed by atoms with Crippen LogP contribution < -0.4 is 15.8 Å². The molecule has 3 heterocycles. The van der Waals surface area contributed by atoms with Gasteiger partial charge in [0.25, 0.3) is 0 Å². The summed E-state index contributed by atoms with van der Waals surface area (Å²) in [6, 6.07) is 8.58. The fourth-order valence-corrected chi connectivity index (χ4v) is 5.82. The molecular formula is C28H32F3N5O3. The number of pyridine rings is 1. The molecule has 5 rings (SSSR count). The molecule has 2 aromatic rings. The van der Waals surface area contributed by atoms with E-state index in [1.807, 2.05) is 19.9 Å². The zero-order valence-corrected chi connectivity index (χ0v) is 21.8. The first-order valence-electron chi connectivity index (χ1n) is 13.3. The number of fused-ring (bicyclic) bond motifs is 1. The maximum Gasteiger partial charge on any atom is 0.425 e. The lowest BCUT2D eigenvalue weighted by Gasteiger charge is -2.40. The van der Waals surface area contributed by atoms with E-state index in [2.05, 4.69) is 10.3 Å². The van der Waals surface area contributed by atoms with E-state index < -0.39 is 42.2 Å². The molecule has 0 unspecified atom stereocenters. The monoisotopic (exact) mass is 543 g/mol. The molecule has 5 atom stereocenters. The molecule has 208 valence electrons. The van der Waals surface area contributed by atoms with Gasteiger partial charge in [0, 0.05) is 30.3 Å². The van der Waals surface area contributed by atoms with Crippen LogP contribution in [0.25, 0.3) is 0 Å². The molecular weight excluding hydrogens is 511 g/mol. The summed E-state index contributed by atoms with van der Waals surface area (Å²) < 4.78 is 45.8. The van der Waals surface area contributed by atoms with Crippen LogP contribution in [0.15, 0.2) is 53.8 Å². The number of halogens is 3. The van der Waals surface area contributed by atoms with Crippen molar-refractivity contribution in [1.82, 2.24) is 15.2 Å². The van der Waals surface area contributed by atoms with E-state index in [9.17, 15) is 22.8 Å². The average Bonchev–Trinajstić information content (AvgIpc) is 3.71. The third-order valence-electron chi connectivity index (χ3n) is 8.24. The zero-order valence-electron chi connectivity index (χ0n) is 21.8. The minimum absolute atomic E-state index is 0.107. The SMILES string of the molecule is CCC1(CC)CC(=O)N([C@H](c2cccnc2)[C@@H]2C[C@H]2C(=O)N[C@H]2C[C@H](C(F)(F)F)Oc3ccccc32)C(N)=N1. The lowest BCUT2D eigenvalue weighted by Crippen LogP contribution is -2.53. The predicted octanol–water partition coefficient (Wildman–Crippen LogP) is 4.44. The van der Waals surface area contributed by atoms with Crippen LogP contribution in [0.5, 0.6) is 5.75 Å². The maximum atomic E-state index is 13.6. The smallest absolute Gasteiger partial charge is 0.425 e. The molecule has 11 heteroatoms. The van der Waals surface area contributed by atoms with Gasteiger partial charge in [0.15, 0.2) is 12.1 Å². The Balaban J connectivity index is 1.39. The van der Waals surface area contributed by atoms with Gasteiger partial charge in [0.2, 0.25) is 11.8 Å². The molecule has 0 bridgehead atoms. The van der Waals surface area contributed by atoms with Crippen molar-refractivity contribution in [2.75, 3.05) is 0 Å². The molecule has 3 N–H and O–H groups in total. The van der Waals surface area contributed by atoms with Gasteiger partial charge in [-0.25, -0.2) is 4.99 Å². The Labute approximate surface area is 224 Å². The van der Waals surface area contributed by atoms with Crippen molar-refractivity contribution in [2.24, 2.45) is 22.6 Å². The number of aromatic nitrogens is 1. The second-order valence-corrected chi connectivity index (χ2v) is 10.6. The summed E-state index contributed by atoms with van der Waals surface area (Å²) >= 11 is 0. The molecule has 0 saturated heterocycles. The van der Waals surface area contributed by atoms with E-state index in [0.29, 0.717) is 24.8 Å². The number of carbonyl (C=O) groups is 2. The summed E-state index contributed by atoms with van der Waals surface area (Å²) in [6.45, 7) is 3.95. The number of ether oxygens (including phenoxy) is 1. The Bertz CT molecular complexity index is 1260. The van der Waals surface area contributed by atoms with E-state index in [1.54, 1.807) is 36.7 Å². The summed E-state index contributed by atoms with van der Waals surface area (Å²) in [6.07, 6.45) is -1.76. The van der Waals surface area contributed by atoms with E-state index in [-0.39, 0.29) is 35.9 Å². The predicted molar refractivity (Wildman–Crippen MR) is 137 cm³/mol. The molecule has 0 radical (unpaired) electrons. The molecule has 8 nitrogen and oxygen atoms in total. The minimum atomic E-state index is -4.57. The Morgan fingerprint density at radius 2 is 1.95 bits per heavy atom. The zero-order chi connectivity index (χ0) is 27.9. The number of nitrogens with zero attached hydrogens (tertiary/aromatic N) is 3. The number of guanidine groups is 1. The van der Waals surface area contributed by atoms with E-state index in [4.69, 9.17) is 15.5 Å². The number of amides is 2. The van der Waals surface area contributed by atoms with Crippen molar-refractivity contribution >= 4 is 17.8 Å². The second-order valence-electron chi connectivity index (χ2n) is 10.6. The number of hydrogen-bond acceptors (Lipinski definition) is 6. The number of rotatable bonds is 7. The Morgan fingerprint density at radius 3 is 2.59 bits per heavy atom. The number of aliphatic imine (C=N–C) groups is 1. The summed E-state index contributed by atoms with van der Waals surface area (Å²) in [5.74, 6) is -1.13. The van der Waals surface area contributed by atoms with Crippen LogP contribution in [-0.2, 0) is 9.59 Å². The number of benzene rings is 1. The first-order chi connectivity index (χ1) is 18.6. The normalized spacial score (nSPS) is 26.6. The number of para-hydroxylation sites is 1. The van der Waals surface area contributed by atoms with Crippen molar-refractivity contribution in [1.29, 1.82) is 0 Å². The topological polar surface area (TPSA) is 110 Å². The first-order valence-corrected chi connectivity index (χ1v) is 13.3. The van der Waals surface area contributed by atoms with Gasteiger partial charge in [-0.3, -0.25) is 19.5 Å². The molecule has 0 spiro atoms. The largest absolute Gasteiger partial charge is 0.480 e. The maximum absolute atomic E-state index is 13.6. The van der Waals surface area contributed by atoms with Crippen LogP contribution in [0.4, 0.5) is 13.2 Å². The number of hydrogen-bond donors (Lipinski definition) is 2. The van der Waals surface area contributed by atoms with Crippen LogP contribution in [0.2, 0.25) is 0 Å². The number of nitrogens with one attached hydrogen (secondary N) is 1. The van der Waals surface area contributed by atoms with Crippen LogP contribution in [-0.4, -0.2) is 45.5 Å². The van der Waals surface area contributed by atoms with Gasteiger partial charge in [0.1, 0.15) is 5.75 Å². The number of carbonyl (C=O) groups excluding carboxylic acids is 2. The molecule has 1 fully saturated rings. The summed E-state index contributed by atoms with van der Waals surface area (Å²) in [7, 11) is 0. The van der Waals surface area contributed by atoms with Crippen molar-refractivity contribution in [3.8, 4) is 5.75 Å². The van der Waals surface area contributed by atoms with Gasteiger partial charge in [-0.05, 0) is 42.9 Å². The van der Waals surface area contributed by atoms with Gasteiger partial charge in [-0.15, -0.1) is 0 Å².